The number of amides is 2. The van der Waals surface area contributed by atoms with Crippen molar-refractivity contribution in [2.75, 3.05) is 0 Å². The number of non-ortho nitro benzene ring substituents is 1. The molecule has 0 spiro atoms. The minimum atomic E-state index is -0.857. The number of hydrogen-bond donors (Lipinski definition) is 2. The Bertz CT molecular complexity index is 823. The van der Waals surface area contributed by atoms with Crippen LogP contribution in [0.5, 0.6) is 0 Å². The molecule has 0 heterocycles. The zero-order valence-corrected chi connectivity index (χ0v) is 14.2. The van der Waals surface area contributed by atoms with Gasteiger partial charge in [-0.3, -0.25) is 19.7 Å². The van der Waals surface area contributed by atoms with Gasteiger partial charge < -0.3 is 10.6 Å². The number of benzene rings is 2. The van der Waals surface area contributed by atoms with Gasteiger partial charge in [-0.1, -0.05) is 18.2 Å². The van der Waals surface area contributed by atoms with E-state index in [4.69, 9.17) is 0 Å². The lowest BCUT2D eigenvalue weighted by atomic mass is 10.1. The Labute approximate surface area is 149 Å². The summed E-state index contributed by atoms with van der Waals surface area (Å²) in [7, 11) is 0. The molecule has 0 fully saturated rings. The first kappa shape index (κ1) is 19.0. The van der Waals surface area contributed by atoms with Gasteiger partial charge in [0.1, 0.15) is 11.9 Å². The minimum absolute atomic E-state index is 0.0884. The molecule has 0 aromatic heterocycles. The number of nitrogens with one attached hydrogen (secondary N) is 2. The third-order valence-electron chi connectivity index (χ3n) is 3.79. The molecule has 0 saturated carbocycles. The molecule has 0 bridgehead atoms. The Balaban J connectivity index is 1.97. The zero-order valence-electron chi connectivity index (χ0n) is 14.2. The first-order valence-electron chi connectivity index (χ1n) is 7.89. The molecular formula is C18H18FN3O4. The lowest BCUT2D eigenvalue weighted by Gasteiger charge is -2.19. The lowest BCUT2D eigenvalue weighted by Crippen LogP contribution is -2.45. The molecule has 2 unspecified atom stereocenters. The average Bonchev–Trinajstić information content (AvgIpc) is 2.62. The van der Waals surface area contributed by atoms with Crippen LogP contribution in [0.2, 0.25) is 0 Å². The molecule has 0 saturated heterocycles. The fourth-order valence-electron chi connectivity index (χ4n) is 2.28. The van der Waals surface area contributed by atoms with Crippen molar-refractivity contribution in [3.05, 3.63) is 75.6 Å². The van der Waals surface area contributed by atoms with E-state index in [1.54, 1.807) is 19.1 Å². The highest BCUT2D eigenvalue weighted by molar-refractivity contribution is 5.97. The van der Waals surface area contributed by atoms with Crippen LogP contribution in [0.25, 0.3) is 0 Å². The van der Waals surface area contributed by atoms with Crippen molar-refractivity contribution in [1.29, 1.82) is 0 Å². The highest BCUT2D eigenvalue weighted by atomic mass is 19.1. The number of carbonyl (C=O) groups excluding carboxylic acids is 2. The van der Waals surface area contributed by atoms with Crippen LogP contribution >= 0.6 is 0 Å². The van der Waals surface area contributed by atoms with Gasteiger partial charge in [0.05, 0.1) is 11.0 Å². The molecule has 0 aliphatic rings. The minimum Gasteiger partial charge on any atom is -0.348 e. The van der Waals surface area contributed by atoms with Crippen molar-refractivity contribution >= 4 is 17.5 Å². The molecular weight excluding hydrogens is 341 g/mol. The first-order chi connectivity index (χ1) is 12.3. The van der Waals surface area contributed by atoms with E-state index in [2.05, 4.69) is 10.6 Å². The molecule has 2 amide bonds. The van der Waals surface area contributed by atoms with Gasteiger partial charge in [-0.2, -0.15) is 0 Å². The van der Waals surface area contributed by atoms with Crippen LogP contribution in [0.4, 0.5) is 10.1 Å². The molecule has 136 valence electrons. The van der Waals surface area contributed by atoms with Gasteiger partial charge in [0, 0.05) is 17.7 Å². The van der Waals surface area contributed by atoms with Crippen molar-refractivity contribution < 1.29 is 18.9 Å². The molecule has 7 nitrogen and oxygen atoms in total. The van der Waals surface area contributed by atoms with Crippen molar-refractivity contribution in [2.24, 2.45) is 0 Å². The molecule has 2 rings (SSSR count). The van der Waals surface area contributed by atoms with Gasteiger partial charge in [-0.05, 0) is 37.6 Å². The molecule has 0 radical (unpaired) electrons. The SMILES string of the molecule is CC(NC(=O)c1cccc([N+](=O)[O-])c1)C(=O)NC(C)c1ccc(F)cc1. The van der Waals surface area contributed by atoms with E-state index in [1.165, 1.54) is 37.3 Å². The monoisotopic (exact) mass is 359 g/mol. The maximum atomic E-state index is 12.9. The fraction of sp³-hybridized carbons (Fsp3) is 0.222. The van der Waals surface area contributed by atoms with E-state index in [9.17, 15) is 24.1 Å². The summed E-state index contributed by atoms with van der Waals surface area (Å²) < 4.78 is 12.9. The smallest absolute Gasteiger partial charge is 0.270 e. The highest BCUT2D eigenvalue weighted by Crippen LogP contribution is 2.14. The molecule has 0 aliphatic carbocycles. The predicted molar refractivity (Wildman–Crippen MR) is 93.0 cm³/mol. The van der Waals surface area contributed by atoms with Crippen LogP contribution in [0, 0.1) is 15.9 Å². The van der Waals surface area contributed by atoms with Crippen LogP contribution in [-0.4, -0.2) is 22.8 Å². The van der Waals surface area contributed by atoms with Gasteiger partial charge in [-0.25, -0.2) is 4.39 Å². The van der Waals surface area contributed by atoms with E-state index in [0.29, 0.717) is 0 Å². The van der Waals surface area contributed by atoms with E-state index in [0.717, 1.165) is 11.6 Å². The normalized spacial score (nSPS) is 12.7. The van der Waals surface area contributed by atoms with Gasteiger partial charge in [0.15, 0.2) is 0 Å². The van der Waals surface area contributed by atoms with E-state index in [-0.39, 0.29) is 23.1 Å². The Hall–Kier alpha value is -3.29. The standard InChI is InChI=1S/C18H18FN3O4/c1-11(13-6-8-15(19)9-7-13)20-17(23)12(2)21-18(24)14-4-3-5-16(10-14)22(25)26/h3-12H,1-2H3,(H,20,23)(H,21,24). The average molecular weight is 359 g/mol. The Kier molecular flexibility index (Phi) is 6.00. The van der Waals surface area contributed by atoms with Gasteiger partial charge in [0.2, 0.25) is 5.91 Å². The van der Waals surface area contributed by atoms with Crippen LogP contribution in [0.1, 0.15) is 35.8 Å². The fourth-order valence-corrected chi connectivity index (χ4v) is 2.28. The van der Waals surface area contributed by atoms with Crippen molar-refractivity contribution in [2.45, 2.75) is 25.9 Å². The second-order valence-electron chi connectivity index (χ2n) is 5.78. The van der Waals surface area contributed by atoms with Gasteiger partial charge in [-0.15, -0.1) is 0 Å². The van der Waals surface area contributed by atoms with Gasteiger partial charge in [0.25, 0.3) is 11.6 Å². The summed E-state index contributed by atoms with van der Waals surface area (Å²) in [6.45, 7) is 3.24. The number of rotatable bonds is 6. The second kappa shape index (κ2) is 8.19. The molecule has 8 heteroatoms. The maximum absolute atomic E-state index is 12.9. The Morgan fingerprint density at radius 1 is 1.08 bits per heavy atom. The van der Waals surface area contributed by atoms with Crippen LogP contribution in [0.15, 0.2) is 48.5 Å². The zero-order chi connectivity index (χ0) is 19.3. The summed E-state index contributed by atoms with van der Waals surface area (Å²) in [5.41, 5.74) is 0.599. The van der Waals surface area contributed by atoms with Crippen LogP contribution in [-0.2, 0) is 4.79 Å². The van der Waals surface area contributed by atoms with Crippen molar-refractivity contribution in [1.82, 2.24) is 10.6 Å². The summed E-state index contributed by atoms with van der Waals surface area (Å²) >= 11 is 0. The first-order valence-corrected chi connectivity index (χ1v) is 7.89. The number of hydrogen-bond acceptors (Lipinski definition) is 4. The summed E-state index contributed by atoms with van der Waals surface area (Å²) in [6, 6.07) is 9.72. The molecule has 2 aromatic carbocycles. The van der Waals surface area contributed by atoms with E-state index < -0.39 is 22.8 Å². The topological polar surface area (TPSA) is 101 Å². The third-order valence-corrected chi connectivity index (χ3v) is 3.79. The lowest BCUT2D eigenvalue weighted by molar-refractivity contribution is -0.384. The summed E-state index contributed by atoms with van der Waals surface area (Å²) in [5, 5.41) is 16.0. The molecule has 2 atom stereocenters. The molecule has 2 aromatic rings. The maximum Gasteiger partial charge on any atom is 0.270 e. The summed E-state index contributed by atoms with van der Waals surface area (Å²) in [5.74, 6) is -1.39. The van der Waals surface area contributed by atoms with Crippen LogP contribution in [0.3, 0.4) is 0 Å². The quantitative estimate of drug-likeness (QED) is 0.611. The number of carbonyl (C=O) groups is 2. The molecule has 26 heavy (non-hydrogen) atoms. The largest absolute Gasteiger partial charge is 0.348 e. The third kappa shape index (κ3) is 4.85. The van der Waals surface area contributed by atoms with Crippen molar-refractivity contribution in [3.63, 3.8) is 0 Å². The van der Waals surface area contributed by atoms with Gasteiger partial charge >= 0.3 is 0 Å². The number of nitro benzene ring substituents is 1. The molecule has 0 aliphatic heterocycles. The summed E-state index contributed by atoms with van der Waals surface area (Å²) in [6.07, 6.45) is 0. The number of nitro groups is 1. The van der Waals surface area contributed by atoms with E-state index >= 15 is 0 Å². The Morgan fingerprint density at radius 3 is 2.35 bits per heavy atom. The molecule has 2 N–H and O–H groups in total. The number of nitrogens with zero attached hydrogens (tertiary/aromatic N) is 1. The van der Waals surface area contributed by atoms with E-state index in [1.807, 2.05) is 0 Å². The number of halogens is 1. The Morgan fingerprint density at radius 2 is 1.73 bits per heavy atom. The van der Waals surface area contributed by atoms with Crippen molar-refractivity contribution in [3.8, 4) is 0 Å². The summed E-state index contributed by atoms with van der Waals surface area (Å²) in [4.78, 5) is 34.6. The predicted octanol–water partition coefficient (Wildman–Crippen LogP) is 2.73. The highest BCUT2D eigenvalue weighted by Gasteiger charge is 2.20. The second-order valence-corrected chi connectivity index (χ2v) is 5.78. The van der Waals surface area contributed by atoms with Crippen LogP contribution < -0.4 is 10.6 Å².